The smallest absolute Gasteiger partial charge is 0.407 e. The SMILES string of the molecule is CC(C)COC(=O)N[C@H](C(=O)N[C@H](C=O)CC(C)C)C1CCCCC1. The number of aldehydes is 1. The Kier molecular flexibility index (Phi) is 9.53. The van der Waals surface area contributed by atoms with E-state index in [-0.39, 0.29) is 17.7 Å². The minimum absolute atomic E-state index is 0.0895. The maximum absolute atomic E-state index is 12.7. The molecule has 2 atom stereocenters. The highest BCUT2D eigenvalue weighted by atomic mass is 16.5. The van der Waals surface area contributed by atoms with Crippen molar-refractivity contribution in [2.45, 2.75) is 78.3 Å². The molecule has 0 aromatic rings. The first-order chi connectivity index (χ1) is 11.8. The zero-order valence-corrected chi connectivity index (χ0v) is 16.0. The third-order valence-corrected chi connectivity index (χ3v) is 4.44. The lowest BCUT2D eigenvalue weighted by Crippen LogP contribution is -2.54. The molecule has 25 heavy (non-hydrogen) atoms. The summed E-state index contributed by atoms with van der Waals surface area (Å²) in [5, 5.41) is 5.52. The van der Waals surface area contributed by atoms with E-state index in [9.17, 15) is 14.4 Å². The van der Waals surface area contributed by atoms with Crippen molar-refractivity contribution >= 4 is 18.3 Å². The van der Waals surface area contributed by atoms with Crippen LogP contribution in [0.15, 0.2) is 0 Å². The number of alkyl carbamates (subject to hydrolysis) is 1. The number of ether oxygens (including phenoxy) is 1. The van der Waals surface area contributed by atoms with Crippen molar-refractivity contribution < 1.29 is 19.1 Å². The molecule has 144 valence electrons. The molecule has 0 heterocycles. The zero-order chi connectivity index (χ0) is 18.8. The monoisotopic (exact) mass is 354 g/mol. The van der Waals surface area contributed by atoms with Gasteiger partial charge in [-0.3, -0.25) is 4.79 Å². The molecular weight excluding hydrogens is 320 g/mol. The third kappa shape index (κ3) is 8.36. The average Bonchev–Trinajstić information content (AvgIpc) is 2.57. The molecule has 0 spiro atoms. The minimum Gasteiger partial charge on any atom is -0.449 e. The molecular formula is C19H34N2O4. The van der Waals surface area contributed by atoms with Crippen LogP contribution in [-0.4, -0.2) is 37.0 Å². The van der Waals surface area contributed by atoms with Crippen molar-refractivity contribution in [3.05, 3.63) is 0 Å². The summed E-state index contributed by atoms with van der Waals surface area (Å²) in [6.07, 6.45) is 5.87. The molecule has 0 aliphatic heterocycles. The van der Waals surface area contributed by atoms with E-state index in [1.165, 1.54) is 0 Å². The highest BCUT2D eigenvalue weighted by molar-refractivity contribution is 5.87. The van der Waals surface area contributed by atoms with Gasteiger partial charge >= 0.3 is 6.09 Å². The van der Waals surface area contributed by atoms with E-state index in [2.05, 4.69) is 10.6 Å². The molecule has 0 radical (unpaired) electrons. The van der Waals surface area contributed by atoms with Gasteiger partial charge in [0.1, 0.15) is 12.3 Å². The Bertz CT molecular complexity index is 431. The Morgan fingerprint density at radius 2 is 1.68 bits per heavy atom. The fourth-order valence-corrected chi connectivity index (χ4v) is 3.20. The molecule has 1 saturated carbocycles. The van der Waals surface area contributed by atoms with Gasteiger partial charge < -0.3 is 20.2 Å². The van der Waals surface area contributed by atoms with Gasteiger partial charge in [0.2, 0.25) is 5.91 Å². The second-order valence-electron chi connectivity index (χ2n) is 7.89. The second kappa shape index (κ2) is 11.1. The molecule has 0 saturated heterocycles. The molecule has 6 heteroatoms. The summed E-state index contributed by atoms with van der Waals surface area (Å²) in [4.78, 5) is 36.0. The van der Waals surface area contributed by atoms with E-state index in [1.807, 2.05) is 27.7 Å². The molecule has 1 aliphatic carbocycles. The molecule has 2 amide bonds. The van der Waals surface area contributed by atoms with Crippen LogP contribution in [0.4, 0.5) is 4.79 Å². The third-order valence-electron chi connectivity index (χ3n) is 4.44. The van der Waals surface area contributed by atoms with E-state index in [4.69, 9.17) is 4.74 Å². The fourth-order valence-electron chi connectivity index (χ4n) is 3.20. The second-order valence-corrected chi connectivity index (χ2v) is 7.89. The molecule has 0 aromatic heterocycles. The number of rotatable bonds is 9. The lowest BCUT2D eigenvalue weighted by Gasteiger charge is -2.30. The van der Waals surface area contributed by atoms with Crippen molar-refractivity contribution in [1.29, 1.82) is 0 Å². The molecule has 2 N–H and O–H groups in total. The van der Waals surface area contributed by atoms with Crippen molar-refractivity contribution in [3.63, 3.8) is 0 Å². The number of hydrogen-bond acceptors (Lipinski definition) is 4. The Balaban J connectivity index is 2.73. The van der Waals surface area contributed by atoms with Crippen LogP contribution in [0.3, 0.4) is 0 Å². The summed E-state index contributed by atoms with van der Waals surface area (Å²) in [7, 11) is 0. The number of nitrogens with one attached hydrogen (secondary N) is 2. The van der Waals surface area contributed by atoms with Gasteiger partial charge in [0, 0.05) is 0 Å². The highest BCUT2D eigenvalue weighted by Crippen LogP contribution is 2.27. The molecule has 0 unspecified atom stereocenters. The Morgan fingerprint density at radius 3 is 2.20 bits per heavy atom. The molecule has 0 aromatic carbocycles. The van der Waals surface area contributed by atoms with Gasteiger partial charge in [0.05, 0.1) is 12.6 Å². The van der Waals surface area contributed by atoms with E-state index < -0.39 is 18.2 Å². The van der Waals surface area contributed by atoms with Gasteiger partial charge in [-0.15, -0.1) is 0 Å². The minimum atomic E-state index is -0.644. The summed E-state index contributed by atoms with van der Waals surface area (Å²) in [5.41, 5.74) is 0. The first-order valence-corrected chi connectivity index (χ1v) is 9.52. The van der Waals surface area contributed by atoms with Crippen molar-refractivity contribution in [1.82, 2.24) is 10.6 Å². The van der Waals surface area contributed by atoms with Gasteiger partial charge in [-0.05, 0) is 37.0 Å². The Labute approximate surface area is 151 Å². The first kappa shape index (κ1) is 21.5. The summed E-state index contributed by atoms with van der Waals surface area (Å²) in [6, 6.07) is -1.17. The largest absolute Gasteiger partial charge is 0.449 e. The molecule has 1 rings (SSSR count). The molecule has 6 nitrogen and oxygen atoms in total. The van der Waals surface area contributed by atoms with Crippen LogP contribution in [-0.2, 0) is 14.3 Å². The fraction of sp³-hybridized carbons (Fsp3) is 0.842. The van der Waals surface area contributed by atoms with Crippen LogP contribution in [0.5, 0.6) is 0 Å². The Morgan fingerprint density at radius 1 is 1.04 bits per heavy atom. The first-order valence-electron chi connectivity index (χ1n) is 9.52. The van der Waals surface area contributed by atoms with Crippen molar-refractivity contribution in [2.75, 3.05) is 6.61 Å². The Hall–Kier alpha value is -1.59. The van der Waals surface area contributed by atoms with Crippen LogP contribution < -0.4 is 10.6 Å². The van der Waals surface area contributed by atoms with Gasteiger partial charge in [-0.1, -0.05) is 47.0 Å². The lowest BCUT2D eigenvalue weighted by molar-refractivity contribution is -0.127. The summed E-state index contributed by atoms with van der Waals surface area (Å²) in [6.45, 7) is 8.24. The lowest BCUT2D eigenvalue weighted by atomic mass is 9.83. The number of carbonyl (C=O) groups is 3. The maximum atomic E-state index is 12.7. The van der Waals surface area contributed by atoms with Gasteiger partial charge in [0.25, 0.3) is 0 Å². The van der Waals surface area contributed by atoms with Crippen LogP contribution in [0.1, 0.15) is 66.2 Å². The maximum Gasteiger partial charge on any atom is 0.407 e. The van der Waals surface area contributed by atoms with E-state index in [0.717, 1.165) is 38.4 Å². The van der Waals surface area contributed by atoms with E-state index in [1.54, 1.807) is 0 Å². The number of hydrogen-bond donors (Lipinski definition) is 2. The molecule has 1 aliphatic rings. The quantitative estimate of drug-likeness (QED) is 0.623. The molecule has 0 bridgehead atoms. The predicted molar refractivity (Wildman–Crippen MR) is 97.1 cm³/mol. The van der Waals surface area contributed by atoms with Crippen LogP contribution in [0, 0.1) is 17.8 Å². The van der Waals surface area contributed by atoms with Crippen LogP contribution in [0.2, 0.25) is 0 Å². The predicted octanol–water partition coefficient (Wildman–Crippen LogP) is 3.05. The number of amides is 2. The van der Waals surface area contributed by atoms with Crippen LogP contribution in [0.25, 0.3) is 0 Å². The van der Waals surface area contributed by atoms with E-state index >= 15 is 0 Å². The average molecular weight is 354 g/mol. The molecule has 1 fully saturated rings. The summed E-state index contributed by atoms with van der Waals surface area (Å²) in [5.74, 6) is 0.337. The normalized spacial score (nSPS) is 17.8. The van der Waals surface area contributed by atoms with E-state index in [0.29, 0.717) is 18.9 Å². The standard InChI is InChI=1S/C19H34N2O4/c1-13(2)10-16(11-22)20-18(23)17(15-8-6-5-7-9-15)21-19(24)25-12-14(3)4/h11,13-17H,5-10,12H2,1-4H3,(H,20,23)(H,21,24)/t16-,17-/m0/s1. The zero-order valence-electron chi connectivity index (χ0n) is 16.0. The number of carbonyl (C=O) groups excluding carboxylic acids is 3. The van der Waals surface area contributed by atoms with Gasteiger partial charge in [0.15, 0.2) is 0 Å². The van der Waals surface area contributed by atoms with Crippen molar-refractivity contribution in [2.24, 2.45) is 17.8 Å². The topological polar surface area (TPSA) is 84.5 Å². The van der Waals surface area contributed by atoms with Crippen LogP contribution >= 0.6 is 0 Å². The summed E-state index contributed by atoms with van der Waals surface area (Å²) >= 11 is 0. The van der Waals surface area contributed by atoms with Gasteiger partial charge in [-0.25, -0.2) is 4.79 Å². The summed E-state index contributed by atoms with van der Waals surface area (Å²) < 4.78 is 5.17. The van der Waals surface area contributed by atoms with Crippen molar-refractivity contribution in [3.8, 4) is 0 Å². The van der Waals surface area contributed by atoms with Gasteiger partial charge in [-0.2, -0.15) is 0 Å². The highest BCUT2D eigenvalue weighted by Gasteiger charge is 2.32.